The summed E-state index contributed by atoms with van der Waals surface area (Å²) in [5.74, 6) is 1.10. The average molecular weight is 435 g/mol. The van der Waals surface area contributed by atoms with Crippen molar-refractivity contribution in [1.82, 2.24) is 4.90 Å². The van der Waals surface area contributed by atoms with Gasteiger partial charge < -0.3 is 20.7 Å². The first kappa shape index (κ1) is 20.9. The molecule has 7 heteroatoms. The summed E-state index contributed by atoms with van der Waals surface area (Å²) >= 11 is 1.58. The van der Waals surface area contributed by atoms with E-state index in [1.165, 1.54) is 5.56 Å². The van der Waals surface area contributed by atoms with Gasteiger partial charge in [-0.25, -0.2) is 9.79 Å². The van der Waals surface area contributed by atoms with E-state index in [4.69, 9.17) is 10.5 Å². The smallest absolute Gasteiger partial charge is 0.410 e. The van der Waals surface area contributed by atoms with Crippen molar-refractivity contribution in [3.05, 3.63) is 76.5 Å². The second-order valence-corrected chi connectivity index (χ2v) is 8.53. The van der Waals surface area contributed by atoms with E-state index in [-0.39, 0.29) is 6.09 Å². The van der Waals surface area contributed by atoms with Gasteiger partial charge in [-0.15, -0.1) is 11.3 Å². The minimum absolute atomic E-state index is 0.310. The van der Waals surface area contributed by atoms with Crippen molar-refractivity contribution in [2.75, 3.05) is 18.9 Å². The molecule has 1 unspecified atom stereocenters. The number of ether oxygens (including phenoxy) is 1. The van der Waals surface area contributed by atoms with Crippen molar-refractivity contribution in [2.24, 2.45) is 10.7 Å². The molecule has 1 amide bonds. The quantitative estimate of drug-likeness (QED) is 0.421. The third-order valence-electron chi connectivity index (χ3n) is 5.31. The lowest BCUT2D eigenvalue weighted by molar-refractivity contribution is 0.161. The van der Waals surface area contributed by atoms with Crippen LogP contribution < -0.4 is 15.8 Å². The summed E-state index contributed by atoms with van der Waals surface area (Å²) in [4.78, 5) is 19.4. The molecule has 0 fully saturated rings. The predicted molar refractivity (Wildman–Crippen MR) is 127 cm³/mol. The Hall–Kier alpha value is -3.32. The van der Waals surface area contributed by atoms with E-state index in [9.17, 15) is 4.79 Å². The Labute approximate surface area is 186 Å². The number of fused-ring (bicyclic) bond motifs is 1. The summed E-state index contributed by atoms with van der Waals surface area (Å²) in [5, 5.41) is 5.59. The number of anilines is 1. The number of thiophene rings is 1. The van der Waals surface area contributed by atoms with Crippen LogP contribution in [0.15, 0.2) is 71.0 Å². The first-order valence-electron chi connectivity index (χ1n) is 10.3. The van der Waals surface area contributed by atoms with Crippen molar-refractivity contribution in [2.45, 2.75) is 25.3 Å². The van der Waals surface area contributed by atoms with Gasteiger partial charge in [-0.1, -0.05) is 24.3 Å². The number of nitrogens with one attached hydrogen (secondary N) is 1. The Morgan fingerprint density at radius 1 is 1.23 bits per heavy atom. The number of amidine groups is 1. The monoisotopic (exact) mass is 434 g/mol. The van der Waals surface area contributed by atoms with Crippen LogP contribution in [-0.2, 0) is 6.42 Å². The van der Waals surface area contributed by atoms with Crippen molar-refractivity contribution < 1.29 is 9.53 Å². The Balaban J connectivity index is 1.31. The molecule has 160 valence electrons. The summed E-state index contributed by atoms with van der Waals surface area (Å²) in [6.45, 7) is 0.623. The Morgan fingerprint density at radius 3 is 2.84 bits per heavy atom. The first-order valence-corrected chi connectivity index (χ1v) is 11.2. The summed E-state index contributed by atoms with van der Waals surface area (Å²) < 4.78 is 5.39. The molecule has 1 aromatic heterocycles. The third-order valence-corrected chi connectivity index (χ3v) is 6.20. The van der Waals surface area contributed by atoms with Gasteiger partial charge in [0, 0.05) is 25.3 Å². The number of hydrogen-bond donors (Lipinski definition) is 2. The molecular weight excluding hydrogens is 408 g/mol. The predicted octanol–water partition coefficient (Wildman–Crippen LogP) is 5.03. The molecule has 1 atom stereocenters. The molecule has 0 saturated carbocycles. The minimum Gasteiger partial charge on any atom is -0.410 e. The maximum absolute atomic E-state index is 12.3. The van der Waals surface area contributed by atoms with Crippen molar-refractivity contribution in [1.29, 1.82) is 0 Å². The molecule has 6 nitrogen and oxygen atoms in total. The second kappa shape index (κ2) is 9.66. The van der Waals surface area contributed by atoms with Gasteiger partial charge in [0.15, 0.2) is 0 Å². The molecule has 2 aromatic carbocycles. The zero-order chi connectivity index (χ0) is 21.6. The van der Waals surface area contributed by atoms with Crippen molar-refractivity contribution in [3.8, 4) is 5.75 Å². The number of carbonyl (C=O) groups is 1. The molecule has 4 rings (SSSR count). The fourth-order valence-corrected chi connectivity index (χ4v) is 4.19. The number of para-hydroxylation sites is 1. The van der Waals surface area contributed by atoms with Crippen molar-refractivity contribution >= 4 is 34.6 Å². The van der Waals surface area contributed by atoms with E-state index in [2.05, 4.69) is 22.4 Å². The number of hydrogen-bond acceptors (Lipinski definition) is 5. The Morgan fingerprint density at radius 2 is 2.06 bits per heavy atom. The number of rotatable bonds is 6. The zero-order valence-electron chi connectivity index (χ0n) is 17.5. The lowest BCUT2D eigenvalue weighted by Crippen LogP contribution is -2.35. The summed E-state index contributed by atoms with van der Waals surface area (Å²) in [6.07, 6.45) is 2.48. The lowest BCUT2D eigenvalue weighted by atomic mass is 9.96. The zero-order valence-corrected chi connectivity index (χ0v) is 18.3. The van der Waals surface area contributed by atoms with Crippen LogP contribution >= 0.6 is 11.3 Å². The standard InChI is InChI=1S/C24H26N4O2S/c1-28(24(29)30-20-6-3-2-4-7-20)14-13-18-10-9-17-16-19(11-12-21(17)26-18)27-23(25)22-8-5-15-31-22/h2-8,11-12,15-16,18,26H,9-10,13-14H2,1H3,(H2,25,27). The van der Waals surface area contributed by atoms with Gasteiger partial charge in [0.1, 0.15) is 11.6 Å². The van der Waals surface area contributed by atoms with Crippen LogP contribution in [0.1, 0.15) is 23.3 Å². The highest BCUT2D eigenvalue weighted by atomic mass is 32.1. The number of nitrogens with two attached hydrogens (primary N) is 1. The van der Waals surface area contributed by atoms with Gasteiger partial charge in [0.05, 0.1) is 10.6 Å². The van der Waals surface area contributed by atoms with Gasteiger partial charge in [-0.05, 0) is 66.6 Å². The van der Waals surface area contributed by atoms with Gasteiger partial charge in [-0.3, -0.25) is 0 Å². The summed E-state index contributed by atoms with van der Waals surface area (Å²) in [5.41, 5.74) is 9.35. The highest BCUT2D eigenvalue weighted by Crippen LogP contribution is 2.30. The fraction of sp³-hybridized carbons (Fsp3) is 0.250. The molecule has 31 heavy (non-hydrogen) atoms. The molecule has 2 heterocycles. The molecule has 3 N–H and O–H groups in total. The van der Waals surface area contributed by atoms with Gasteiger partial charge >= 0.3 is 6.09 Å². The molecule has 1 aliphatic heterocycles. The fourth-order valence-electron chi connectivity index (χ4n) is 3.56. The number of aliphatic imine (C=N–C) groups is 1. The molecule has 0 radical (unpaired) electrons. The van der Waals surface area contributed by atoms with Crippen LogP contribution in [0.25, 0.3) is 0 Å². The van der Waals surface area contributed by atoms with Crippen molar-refractivity contribution in [3.63, 3.8) is 0 Å². The Kier molecular flexibility index (Phi) is 6.52. The van der Waals surface area contributed by atoms with Crippen LogP contribution in [0.5, 0.6) is 5.75 Å². The topological polar surface area (TPSA) is 80.0 Å². The van der Waals surface area contributed by atoms with Crippen LogP contribution in [0.4, 0.5) is 16.2 Å². The first-order chi connectivity index (χ1) is 15.1. The van der Waals surface area contributed by atoms with E-state index < -0.39 is 0 Å². The largest absolute Gasteiger partial charge is 0.414 e. The van der Waals surface area contributed by atoms with Crippen LogP contribution in [-0.4, -0.2) is 36.5 Å². The SMILES string of the molecule is CN(CCC1CCc2cc(N=C(N)c3cccs3)ccc2N1)C(=O)Oc1ccccc1. The van der Waals surface area contributed by atoms with Crippen LogP contribution in [0, 0.1) is 0 Å². The van der Waals surface area contributed by atoms with E-state index in [1.54, 1.807) is 35.4 Å². The molecule has 0 bridgehead atoms. The third kappa shape index (κ3) is 5.44. The lowest BCUT2D eigenvalue weighted by Gasteiger charge is -2.28. The number of aryl methyl sites for hydroxylation is 1. The maximum atomic E-state index is 12.3. The van der Waals surface area contributed by atoms with E-state index in [0.29, 0.717) is 24.2 Å². The number of nitrogens with zero attached hydrogens (tertiary/aromatic N) is 2. The van der Waals surface area contributed by atoms with Crippen LogP contribution in [0.3, 0.4) is 0 Å². The van der Waals surface area contributed by atoms with Gasteiger partial charge in [-0.2, -0.15) is 0 Å². The Bertz CT molecular complexity index is 1050. The molecule has 3 aromatic rings. The number of carbonyl (C=O) groups excluding carboxylic acids is 1. The van der Waals surface area contributed by atoms with E-state index >= 15 is 0 Å². The average Bonchev–Trinajstić information content (AvgIpc) is 3.33. The highest BCUT2D eigenvalue weighted by molar-refractivity contribution is 7.12. The molecule has 0 saturated heterocycles. The van der Waals surface area contributed by atoms with Crippen LogP contribution in [0.2, 0.25) is 0 Å². The summed E-state index contributed by atoms with van der Waals surface area (Å²) in [7, 11) is 1.77. The molecule has 1 aliphatic rings. The van der Waals surface area contributed by atoms with E-state index in [1.807, 2.05) is 41.8 Å². The highest BCUT2D eigenvalue weighted by Gasteiger charge is 2.20. The molecule has 0 aliphatic carbocycles. The normalized spacial score (nSPS) is 15.6. The molecule has 0 spiro atoms. The second-order valence-electron chi connectivity index (χ2n) is 7.59. The number of benzene rings is 2. The van der Waals surface area contributed by atoms with E-state index in [0.717, 1.165) is 35.5 Å². The molecular formula is C24H26N4O2S. The maximum Gasteiger partial charge on any atom is 0.414 e. The van der Waals surface area contributed by atoms with Gasteiger partial charge in [0.25, 0.3) is 0 Å². The summed E-state index contributed by atoms with van der Waals surface area (Å²) in [6, 6.07) is 19.5. The minimum atomic E-state index is -0.340. The number of amides is 1. The van der Waals surface area contributed by atoms with Gasteiger partial charge in [0.2, 0.25) is 0 Å².